The fraction of sp³-hybridized carbons (Fsp3) is 0.643. The van der Waals surface area contributed by atoms with Gasteiger partial charge in [-0.2, -0.15) is 0 Å². The van der Waals surface area contributed by atoms with E-state index in [4.69, 9.17) is 10.3 Å². The van der Waals surface area contributed by atoms with E-state index in [1.807, 2.05) is 6.20 Å². The van der Waals surface area contributed by atoms with Gasteiger partial charge < -0.3 is 9.30 Å². The van der Waals surface area contributed by atoms with Crippen molar-refractivity contribution < 1.29 is 9.53 Å². The second-order valence-electron chi connectivity index (χ2n) is 5.03. The van der Waals surface area contributed by atoms with Crippen LogP contribution in [0.1, 0.15) is 61.1 Å². The maximum absolute atomic E-state index is 11.8. The van der Waals surface area contributed by atoms with Crippen LogP contribution in [0, 0.1) is 0 Å². The molecule has 0 saturated heterocycles. The molecule has 1 fully saturated rings. The van der Waals surface area contributed by atoms with Gasteiger partial charge in [-0.05, 0) is 31.4 Å². The van der Waals surface area contributed by atoms with Crippen molar-refractivity contribution in [1.82, 2.24) is 4.57 Å². The van der Waals surface area contributed by atoms with Crippen LogP contribution in [0.25, 0.3) is 10.4 Å². The number of aromatic nitrogens is 1. The highest BCUT2D eigenvalue weighted by Gasteiger charge is 2.20. The van der Waals surface area contributed by atoms with Crippen molar-refractivity contribution in [1.29, 1.82) is 0 Å². The lowest BCUT2D eigenvalue weighted by atomic mass is 9.95. The third-order valence-electron chi connectivity index (χ3n) is 3.71. The summed E-state index contributed by atoms with van der Waals surface area (Å²) >= 11 is 0. The Bertz CT molecular complexity index is 511. The van der Waals surface area contributed by atoms with Crippen molar-refractivity contribution in [2.75, 3.05) is 6.61 Å². The van der Waals surface area contributed by atoms with Gasteiger partial charge in [0.2, 0.25) is 0 Å². The lowest BCUT2D eigenvalue weighted by Crippen LogP contribution is -2.14. The highest BCUT2D eigenvalue weighted by atomic mass is 16.5. The van der Waals surface area contributed by atoms with Crippen LogP contribution in [0.2, 0.25) is 0 Å². The third kappa shape index (κ3) is 3.33. The SMILES string of the molecule is CCOC(=O)c1cc(CN=[N+]=[N-])n(C2CCCCC2)c1. The molecule has 20 heavy (non-hydrogen) atoms. The largest absolute Gasteiger partial charge is 0.462 e. The van der Waals surface area contributed by atoms with E-state index in [2.05, 4.69) is 14.6 Å². The van der Waals surface area contributed by atoms with E-state index in [1.54, 1.807) is 13.0 Å². The van der Waals surface area contributed by atoms with Gasteiger partial charge in [-0.15, -0.1) is 0 Å². The van der Waals surface area contributed by atoms with Gasteiger partial charge in [0, 0.05) is 22.8 Å². The standard InChI is InChI=1S/C14H20N4O2/c1-2-20-14(19)11-8-13(9-16-17-15)18(10-11)12-6-4-3-5-7-12/h8,10,12H,2-7,9H2,1H3. The van der Waals surface area contributed by atoms with Gasteiger partial charge in [0.1, 0.15) is 0 Å². The lowest BCUT2D eigenvalue weighted by Gasteiger charge is -2.25. The first-order valence-corrected chi connectivity index (χ1v) is 7.15. The summed E-state index contributed by atoms with van der Waals surface area (Å²) in [5.74, 6) is -0.316. The van der Waals surface area contributed by atoms with Crippen molar-refractivity contribution in [3.05, 3.63) is 34.0 Å². The Morgan fingerprint density at radius 3 is 2.90 bits per heavy atom. The first-order chi connectivity index (χ1) is 9.76. The number of rotatable bonds is 5. The Morgan fingerprint density at radius 2 is 2.25 bits per heavy atom. The summed E-state index contributed by atoms with van der Waals surface area (Å²) in [6, 6.07) is 2.18. The van der Waals surface area contributed by atoms with Crippen molar-refractivity contribution in [3.63, 3.8) is 0 Å². The second-order valence-corrected chi connectivity index (χ2v) is 5.03. The maximum Gasteiger partial charge on any atom is 0.339 e. The molecule has 1 aliphatic rings. The Hall–Kier alpha value is -1.94. The molecule has 6 heteroatoms. The van der Waals surface area contributed by atoms with Crippen LogP contribution in [-0.2, 0) is 11.3 Å². The maximum atomic E-state index is 11.8. The van der Waals surface area contributed by atoms with Crippen LogP contribution in [0.3, 0.4) is 0 Å². The molecule has 0 amide bonds. The van der Waals surface area contributed by atoms with E-state index in [-0.39, 0.29) is 12.5 Å². The smallest absolute Gasteiger partial charge is 0.339 e. The average molecular weight is 276 g/mol. The zero-order chi connectivity index (χ0) is 14.4. The van der Waals surface area contributed by atoms with E-state index in [0.29, 0.717) is 18.2 Å². The zero-order valence-electron chi connectivity index (χ0n) is 11.8. The lowest BCUT2D eigenvalue weighted by molar-refractivity contribution is 0.0526. The highest BCUT2D eigenvalue weighted by Crippen LogP contribution is 2.30. The zero-order valence-corrected chi connectivity index (χ0v) is 11.8. The van der Waals surface area contributed by atoms with Crippen molar-refractivity contribution in [3.8, 4) is 0 Å². The molecule has 0 radical (unpaired) electrons. The Morgan fingerprint density at radius 1 is 1.50 bits per heavy atom. The number of carbonyl (C=O) groups is 1. The summed E-state index contributed by atoms with van der Waals surface area (Å²) < 4.78 is 7.13. The molecule has 1 aliphatic carbocycles. The van der Waals surface area contributed by atoms with Crippen LogP contribution in [-0.4, -0.2) is 17.1 Å². The summed E-state index contributed by atoms with van der Waals surface area (Å²) in [6.07, 6.45) is 7.75. The predicted molar refractivity (Wildman–Crippen MR) is 75.4 cm³/mol. The van der Waals surface area contributed by atoms with E-state index in [0.717, 1.165) is 18.5 Å². The summed E-state index contributed by atoms with van der Waals surface area (Å²) in [5, 5.41) is 3.62. The average Bonchev–Trinajstić information content (AvgIpc) is 2.90. The van der Waals surface area contributed by atoms with Crippen LogP contribution in [0.4, 0.5) is 0 Å². The van der Waals surface area contributed by atoms with Crippen LogP contribution in [0.5, 0.6) is 0 Å². The minimum Gasteiger partial charge on any atom is -0.462 e. The molecule has 108 valence electrons. The first-order valence-electron chi connectivity index (χ1n) is 7.15. The fourth-order valence-corrected chi connectivity index (χ4v) is 2.78. The quantitative estimate of drug-likeness (QED) is 0.353. The van der Waals surface area contributed by atoms with Gasteiger partial charge in [0.25, 0.3) is 0 Å². The normalized spacial score (nSPS) is 15.7. The molecule has 0 unspecified atom stereocenters. The highest BCUT2D eigenvalue weighted by molar-refractivity contribution is 5.89. The second kappa shape index (κ2) is 7.01. The van der Waals surface area contributed by atoms with Gasteiger partial charge in [0.05, 0.1) is 18.7 Å². The minimum absolute atomic E-state index is 0.270. The minimum atomic E-state index is -0.316. The van der Waals surface area contributed by atoms with Gasteiger partial charge in [-0.1, -0.05) is 24.4 Å². The monoisotopic (exact) mass is 276 g/mol. The number of hydrogen-bond acceptors (Lipinski definition) is 3. The molecule has 1 aromatic rings. The van der Waals surface area contributed by atoms with E-state index in [1.165, 1.54) is 19.3 Å². The molecule has 0 aliphatic heterocycles. The van der Waals surface area contributed by atoms with Crippen molar-refractivity contribution in [2.24, 2.45) is 5.11 Å². The number of nitrogens with zero attached hydrogens (tertiary/aromatic N) is 4. The summed E-state index contributed by atoms with van der Waals surface area (Å²) in [6.45, 7) is 2.42. The molecule has 0 aromatic carbocycles. The van der Waals surface area contributed by atoms with Gasteiger partial charge in [-0.3, -0.25) is 0 Å². The molecule has 0 atom stereocenters. The van der Waals surface area contributed by atoms with Crippen LogP contribution >= 0.6 is 0 Å². The molecular formula is C14H20N4O2. The molecule has 2 rings (SSSR count). The Balaban J connectivity index is 2.26. The summed E-state index contributed by atoms with van der Waals surface area (Å²) in [4.78, 5) is 14.6. The number of hydrogen-bond donors (Lipinski definition) is 0. The first kappa shape index (κ1) is 14.5. The van der Waals surface area contributed by atoms with Crippen molar-refractivity contribution in [2.45, 2.75) is 51.6 Å². The number of ether oxygens (including phenoxy) is 1. The van der Waals surface area contributed by atoms with E-state index >= 15 is 0 Å². The molecule has 0 bridgehead atoms. The Kier molecular flexibility index (Phi) is 5.07. The van der Waals surface area contributed by atoms with Crippen LogP contribution in [0.15, 0.2) is 17.4 Å². The Labute approximate surface area is 118 Å². The number of azide groups is 1. The topological polar surface area (TPSA) is 80.0 Å². The van der Waals surface area contributed by atoms with E-state index < -0.39 is 0 Å². The van der Waals surface area contributed by atoms with E-state index in [9.17, 15) is 4.79 Å². The summed E-state index contributed by atoms with van der Waals surface area (Å²) in [5.41, 5.74) is 9.92. The van der Waals surface area contributed by atoms with Crippen molar-refractivity contribution >= 4 is 5.97 Å². The van der Waals surface area contributed by atoms with Gasteiger partial charge >= 0.3 is 5.97 Å². The number of carbonyl (C=O) groups excluding carboxylic acids is 1. The predicted octanol–water partition coefficient (Wildman–Crippen LogP) is 3.98. The molecule has 6 nitrogen and oxygen atoms in total. The van der Waals surface area contributed by atoms with Gasteiger partial charge in [-0.25, -0.2) is 4.79 Å². The molecular weight excluding hydrogens is 256 g/mol. The number of esters is 1. The third-order valence-corrected chi connectivity index (χ3v) is 3.71. The molecule has 0 spiro atoms. The van der Waals surface area contributed by atoms with Gasteiger partial charge in [0.15, 0.2) is 0 Å². The summed E-state index contributed by atoms with van der Waals surface area (Å²) in [7, 11) is 0. The molecule has 0 N–H and O–H groups in total. The van der Waals surface area contributed by atoms with Crippen LogP contribution < -0.4 is 0 Å². The molecule has 1 saturated carbocycles. The molecule has 1 heterocycles. The molecule has 1 aromatic heterocycles. The fourth-order valence-electron chi connectivity index (χ4n) is 2.78.